The van der Waals surface area contributed by atoms with Crippen LogP contribution in [-0.4, -0.2) is 80.6 Å². The first kappa shape index (κ1) is 22.3. The first-order valence-corrected chi connectivity index (χ1v) is 10.3. The van der Waals surface area contributed by atoms with Crippen LogP contribution in [0.2, 0.25) is 0 Å². The van der Waals surface area contributed by atoms with Gasteiger partial charge >= 0.3 is 6.03 Å². The van der Waals surface area contributed by atoms with Crippen molar-refractivity contribution in [1.29, 1.82) is 0 Å². The summed E-state index contributed by atoms with van der Waals surface area (Å²) in [5, 5.41) is 3.01. The van der Waals surface area contributed by atoms with Gasteiger partial charge in [0.2, 0.25) is 5.91 Å². The number of hydrogen-bond donors (Lipinski definition) is 1. The molecule has 1 aliphatic heterocycles. The highest BCUT2D eigenvalue weighted by atomic mass is 32.1. The minimum Gasteiger partial charge on any atom is -0.493 e. The molecule has 1 aromatic heterocycles. The quantitative estimate of drug-likeness (QED) is 0.697. The molecule has 1 N–H and O–H groups in total. The zero-order chi connectivity index (χ0) is 22.7. The highest BCUT2D eigenvalue weighted by Gasteiger charge is 2.31. The normalized spacial score (nSPS) is 13.4. The van der Waals surface area contributed by atoms with Crippen LogP contribution >= 0.6 is 11.3 Å². The number of urea groups is 1. The molecule has 0 aliphatic carbocycles. The number of nitrogens with zero attached hydrogens (tertiary/aromatic N) is 4. The van der Waals surface area contributed by atoms with E-state index in [0.29, 0.717) is 46.0 Å². The van der Waals surface area contributed by atoms with E-state index in [2.05, 4.69) is 10.3 Å². The number of thiazole rings is 1. The van der Waals surface area contributed by atoms with E-state index >= 15 is 0 Å². The second-order valence-electron chi connectivity index (χ2n) is 7.08. The summed E-state index contributed by atoms with van der Waals surface area (Å²) in [6.45, 7) is 2.45. The molecule has 1 aliphatic rings. The van der Waals surface area contributed by atoms with Crippen molar-refractivity contribution in [1.82, 2.24) is 14.8 Å². The van der Waals surface area contributed by atoms with Gasteiger partial charge in [0, 0.05) is 38.9 Å². The van der Waals surface area contributed by atoms with Gasteiger partial charge in [0.15, 0.2) is 16.6 Å². The van der Waals surface area contributed by atoms with Crippen molar-refractivity contribution in [2.45, 2.75) is 6.92 Å². The minimum atomic E-state index is -0.375. The summed E-state index contributed by atoms with van der Waals surface area (Å²) < 4.78 is 10.5. The smallest absolute Gasteiger partial charge is 0.325 e. The monoisotopic (exact) mass is 447 g/mol. The lowest BCUT2D eigenvalue weighted by Gasteiger charge is -2.19. The number of nitrogens with one attached hydrogen (secondary N) is 1. The fourth-order valence-electron chi connectivity index (χ4n) is 3.15. The largest absolute Gasteiger partial charge is 0.493 e. The summed E-state index contributed by atoms with van der Waals surface area (Å²) in [4.78, 5) is 46.6. The third-order valence-electron chi connectivity index (χ3n) is 4.75. The Hall–Kier alpha value is -3.34. The van der Waals surface area contributed by atoms with Crippen molar-refractivity contribution >= 4 is 40.0 Å². The van der Waals surface area contributed by atoms with Gasteiger partial charge < -0.3 is 24.6 Å². The molecular weight excluding hydrogens is 422 g/mol. The van der Waals surface area contributed by atoms with Crippen molar-refractivity contribution in [2.75, 3.05) is 58.2 Å². The molecule has 1 fully saturated rings. The molecule has 0 atom stereocenters. The lowest BCUT2D eigenvalue weighted by Crippen LogP contribution is -2.37. The number of benzene rings is 1. The molecule has 0 bridgehead atoms. The van der Waals surface area contributed by atoms with Crippen LogP contribution in [0.3, 0.4) is 0 Å². The number of amides is 4. The number of hydrogen-bond acceptors (Lipinski definition) is 7. The van der Waals surface area contributed by atoms with Crippen LogP contribution in [0.15, 0.2) is 18.2 Å². The molecule has 11 heteroatoms. The molecule has 2 aromatic rings. The Labute approximate surface area is 184 Å². The van der Waals surface area contributed by atoms with Crippen molar-refractivity contribution < 1.29 is 23.9 Å². The average Bonchev–Trinajstić information content (AvgIpc) is 3.28. The Morgan fingerprint density at radius 1 is 1.19 bits per heavy atom. The summed E-state index contributed by atoms with van der Waals surface area (Å²) in [6.07, 6.45) is 0. The SMILES string of the molecule is COc1ccc(N2CCN(CC(=O)Nc3nc(C)c(C(=O)N(C)C)s3)C2=O)cc1OC. The molecule has 2 heterocycles. The predicted molar refractivity (Wildman–Crippen MR) is 117 cm³/mol. The second kappa shape index (κ2) is 9.21. The molecule has 4 amide bonds. The average molecular weight is 448 g/mol. The number of carbonyl (C=O) groups is 3. The Kier molecular flexibility index (Phi) is 6.64. The van der Waals surface area contributed by atoms with E-state index in [-0.39, 0.29) is 24.4 Å². The third kappa shape index (κ3) is 4.71. The molecule has 1 aromatic carbocycles. The molecule has 0 saturated carbocycles. The third-order valence-corrected chi connectivity index (χ3v) is 5.81. The van der Waals surface area contributed by atoms with E-state index in [1.807, 2.05) is 0 Å². The van der Waals surface area contributed by atoms with Crippen LogP contribution in [0.4, 0.5) is 15.6 Å². The Morgan fingerprint density at radius 2 is 1.90 bits per heavy atom. The fourth-order valence-corrected chi connectivity index (χ4v) is 4.15. The first-order valence-electron chi connectivity index (χ1n) is 9.52. The van der Waals surface area contributed by atoms with Crippen molar-refractivity contribution in [3.63, 3.8) is 0 Å². The standard InChI is InChI=1S/C20H25N5O5S/c1-12-17(18(27)23(2)3)31-19(21-12)22-16(26)11-24-8-9-25(20(24)28)13-6-7-14(29-4)15(10-13)30-5/h6-7,10H,8-9,11H2,1-5H3,(H,21,22,26). The molecule has 10 nitrogen and oxygen atoms in total. The summed E-state index contributed by atoms with van der Waals surface area (Å²) in [5.41, 5.74) is 1.21. The van der Waals surface area contributed by atoms with Gasteiger partial charge in [-0.05, 0) is 19.1 Å². The van der Waals surface area contributed by atoms with Crippen molar-refractivity contribution in [2.24, 2.45) is 0 Å². The second-order valence-corrected chi connectivity index (χ2v) is 8.08. The highest BCUT2D eigenvalue weighted by Crippen LogP contribution is 2.32. The Morgan fingerprint density at radius 3 is 2.55 bits per heavy atom. The predicted octanol–water partition coefficient (Wildman–Crippen LogP) is 2.05. The number of aryl methyl sites for hydroxylation is 1. The van der Waals surface area contributed by atoms with E-state index in [1.54, 1.807) is 51.2 Å². The van der Waals surface area contributed by atoms with Gasteiger partial charge in [-0.15, -0.1) is 0 Å². The first-order chi connectivity index (χ1) is 14.7. The molecule has 3 rings (SSSR count). The van der Waals surface area contributed by atoms with Gasteiger partial charge in [-0.1, -0.05) is 11.3 Å². The van der Waals surface area contributed by atoms with Gasteiger partial charge in [0.25, 0.3) is 5.91 Å². The van der Waals surface area contributed by atoms with E-state index in [0.717, 1.165) is 11.3 Å². The lowest BCUT2D eigenvalue weighted by molar-refractivity contribution is -0.116. The molecule has 0 radical (unpaired) electrons. The number of methoxy groups -OCH3 is 2. The number of anilines is 2. The van der Waals surface area contributed by atoms with Crippen LogP contribution in [0.25, 0.3) is 0 Å². The van der Waals surface area contributed by atoms with Crippen molar-refractivity contribution in [3.8, 4) is 11.5 Å². The van der Waals surface area contributed by atoms with Crippen LogP contribution in [0, 0.1) is 6.92 Å². The maximum Gasteiger partial charge on any atom is 0.325 e. The van der Waals surface area contributed by atoms with Gasteiger partial charge in [0.05, 0.1) is 19.9 Å². The van der Waals surface area contributed by atoms with Gasteiger partial charge in [-0.25, -0.2) is 9.78 Å². The number of rotatable bonds is 7. The zero-order valence-electron chi connectivity index (χ0n) is 18.1. The van der Waals surface area contributed by atoms with E-state index in [1.165, 1.54) is 16.9 Å². The summed E-state index contributed by atoms with van der Waals surface area (Å²) in [5.74, 6) is 0.544. The number of carbonyl (C=O) groups excluding carboxylic acids is 3. The van der Waals surface area contributed by atoms with Gasteiger partial charge in [-0.2, -0.15) is 0 Å². The van der Waals surface area contributed by atoms with Crippen LogP contribution in [0.5, 0.6) is 11.5 Å². The van der Waals surface area contributed by atoms with Crippen LogP contribution in [0.1, 0.15) is 15.4 Å². The number of ether oxygens (including phenoxy) is 2. The number of aromatic nitrogens is 1. The molecule has 166 valence electrons. The topological polar surface area (TPSA) is 104 Å². The van der Waals surface area contributed by atoms with Crippen molar-refractivity contribution in [3.05, 3.63) is 28.8 Å². The van der Waals surface area contributed by atoms with E-state index in [4.69, 9.17) is 9.47 Å². The maximum atomic E-state index is 12.8. The molecule has 0 unspecified atom stereocenters. The Balaban J connectivity index is 1.64. The molecular formula is C20H25N5O5S. The van der Waals surface area contributed by atoms with Gasteiger partial charge in [-0.3, -0.25) is 14.5 Å². The summed E-state index contributed by atoms with van der Waals surface area (Å²) >= 11 is 1.11. The molecule has 0 spiro atoms. The maximum absolute atomic E-state index is 12.8. The van der Waals surface area contributed by atoms with E-state index < -0.39 is 0 Å². The zero-order valence-corrected chi connectivity index (χ0v) is 18.9. The highest BCUT2D eigenvalue weighted by molar-refractivity contribution is 7.17. The summed E-state index contributed by atoms with van der Waals surface area (Å²) in [6, 6.07) is 4.95. The molecule has 31 heavy (non-hydrogen) atoms. The lowest BCUT2D eigenvalue weighted by atomic mass is 10.2. The fraction of sp³-hybridized carbons (Fsp3) is 0.400. The van der Waals surface area contributed by atoms with Gasteiger partial charge in [0.1, 0.15) is 11.4 Å². The summed E-state index contributed by atoms with van der Waals surface area (Å²) in [7, 11) is 6.38. The van der Waals surface area contributed by atoms with Crippen LogP contribution < -0.4 is 19.7 Å². The molecule has 1 saturated heterocycles. The minimum absolute atomic E-state index is 0.113. The van der Waals surface area contributed by atoms with E-state index in [9.17, 15) is 14.4 Å². The van der Waals surface area contributed by atoms with Crippen LogP contribution in [-0.2, 0) is 4.79 Å². The Bertz CT molecular complexity index is 1010.